The Balaban J connectivity index is 1.87. The number of benzene rings is 1. The molecular formula is C18H19FN2O3. The van der Waals surface area contributed by atoms with Gasteiger partial charge in [0, 0.05) is 37.4 Å². The van der Waals surface area contributed by atoms with Gasteiger partial charge in [-0.15, -0.1) is 0 Å². The van der Waals surface area contributed by atoms with Crippen LogP contribution in [0.1, 0.15) is 34.6 Å². The molecule has 1 aliphatic heterocycles. The van der Waals surface area contributed by atoms with Crippen LogP contribution in [0.2, 0.25) is 0 Å². The van der Waals surface area contributed by atoms with Crippen LogP contribution in [0.3, 0.4) is 0 Å². The number of halogens is 1. The van der Waals surface area contributed by atoms with Crippen molar-refractivity contribution >= 4 is 5.78 Å². The van der Waals surface area contributed by atoms with Crippen LogP contribution in [-0.2, 0) is 16.6 Å². The lowest BCUT2D eigenvalue weighted by molar-refractivity contribution is 0.0493. The first-order chi connectivity index (χ1) is 11.6. The molecule has 0 amide bonds. The fourth-order valence-electron chi connectivity index (χ4n) is 3.12. The van der Waals surface area contributed by atoms with Gasteiger partial charge < -0.3 is 9.84 Å². The third kappa shape index (κ3) is 3.49. The van der Waals surface area contributed by atoms with Crippen molar-refractivity contribution in [2.45, 2.75) is 24.7 Å². The van der Waals surface area contributed by atoms with E-state index in [2.05, 4.69) is 9.97 Å². The molecule has 1 saturated heterocycles. The molecule has 24 heavy (non-hydrogen) atoms. The van der Waals surface area contributed by atoms with Crippen molar-refractivity contribution in [1.82, 2.24) is 9.97 Å². The summed E-state index contributed by atoms with van der Waals surface area (Å²) in [5.74, 6) is -0.0411. The molecule has 0 spiro atoms. The third-order valence-electron chi connectivity index (χ3n) is 4.57. The number of rotatable bonds is 5. The fraction of sp³-hybridized carbons (Fsp3) is 0.389. The molecule has 1 aromatic heterocycles. The molecule has 0 saturated carbocycles. The molecule has 6 heteroatoms. The van der Waals surface area contributed by atoms with Crippen molar-refractivity contribution in [3.05, 3.63) is 59.4 Å². The van der Waals surface area contributed by atoms with Crippen molar-refractivity contribution in [2.75, 3.05) is 19.8 Å². The Morgan fingerprint density at radius 3 is 2.38 bits per heavy atom. The number of aliphatic hydroxyl groups is 1. The van der Waals surface area contributed by atoms with Gasteiger partial charge in [-0.05, 0) is 30.5 Å². The Labute approximate surface area is 139 Å². The summed E-state index contributed by atoms with van der Waals surface area (Å²) < 4.78 is 18.7. The quantitative estimate of drug-likeness (QED) is 0.850. The molecule has 5 nitrogen and oxygen atoms in total. The van der Waals surface area contributed by atoms with Crippen LogP contribution in [0.15, 0.2) is 36.7 Å². The molecule has 1 fully saturated rings. The SMILES string of the molecule is O=C(CO)c1cnc(CC2(c3ccc(F)cc3)CCOCC2)nc1. The maximum Gasteiger partial charge on any atom is 0.191 e. The van der Waals surface area contributed by atoms with E-state index in [4.69, 9.17) is 9.84 Å². The smallest absolute Gasteiger partial charge is 0.191 e. The van der Waals surface area contributed by atoms with E-state index in [0.717, 1.165) is 18.4 Å². The summed E-state index contributed by atoms with van der Waals surface area (Å²) >= 11 is 0. The highest BCUT2D eigenvalue weighted by Gasteiger charge is 2.35. The molecule has 0 atom stereocenters. The van der Waals surface area contributed by atoms with Gasteiger partial charge in [-0.1, -0.05) is 12.1 Å². The molecular weight excluding hydrogens is 311 g/mol. The lowest BCUT2D eigenvalue weighted by atomic mass is 9.71. The summed E-state index contributed by atoms with van der Waals surface area (Å²) in [5, 5.41) is 8.88. The number of aromatic nitrogens is 2. The number of nitrogens with zero attached hydrogens (tertiary/aromatic N) is 2. The Morgan fingerprint density at radius 2 is 1.79 bits per heavy atom. The van der Waals surface area contributed by atoms with Crippen molar-refractivity contribution in [2.24, 2.45) is 0 Å². The molecule has 2 aromatic rings. The second-order valence-corrected chi connectivity index (χ2v) is 6.05. The van der Waals surface area contributed by atoms with E-state index in [0.29, 0.717) is 31.0 Å². The minimum Gasteiger partial charge on any atom is -0.388 e. The highest BCUT2D eigenvalue weighted by atomic mass is 19.1. The lowest BCUT2D eigenvalue weighted by Gasteiger charge is -2.37. The minimum atomic E-state index is -0.556. The molecule has 1 aliphatic rings. The van der Waals surface area contributed by atoms with Crippen LogP contribution < -0.4 is 0 Å². The zero-order chi connectivity index (χ0) is 17.0. The Kier molecular flexibility index (Phi) is 4.97. The highest BCUT2D eigenvalue weighted by Crippen LogP contribution is 2.37. The summed E-state index contributed by atoms with van der Waals surface area (Å²) in [5.41, 5.74) is 1.14. The number of hydrogen-bond acceptors (Lipinski definition) is 5. The number of carbonyl (C=O) groups is 1. The summed E-state index contributed by atoms with van der Waals surface area (Å²) in [6.07, 6.45) is 5.09. The average Bonchev–Trinajstić information content (AvgIpc) is 2.63. The van der Waals surface area contributed by atoms with E-state index in [1.165, 1.54) is 24.5 Å². The van der Waals surface area contributed by atoms with Gasteiger partial charge in [0.2, 0.25) is 0 Å². The lowest BCUT2D eigenvalue weighted by Crippen LogP contribution is -2.36. The molecule has 0 bridgehead atoms. The summed E-state index contributed by atoms with van der Waals surface area (Å²) in [6, 6.07) is 6.56. The van der Waals surface area contributed by atoms with Crippen LogP contribution >= 0.6 is 0 Å². The molecule has 0 radical (unpaired) electrons. The van der Waals surface area contributed by atoms with E-state index >= 15 is 0 Å². The standard InChI is InChI=1S/C18H19FN2O3/c19-15-3-1-14(2-4-15)18(5-7-24-8-6-18)9-17-20-10-13(11-21-17)16(23)12-22/h1-4,10-11,22H,5-9,12H2. The second-order valence-electron chi connectivity index (χ2n) is 6.05. The minimum absolute atomic E-state index is 0.200. The molecule has 2 heterocycles. The van der Waals surface area contributed by atoms with E-state index in [1.807, 2.05) is 12.1 Å². The Hall–Kier alpha value is -2.18. The van der Waals surface area contributed by atoms with E-state index in [-0.39, 0.29) is 11.2 Å². The number of ether oxygens (including phenoxy) is 1. The first-order valence-corrected chi connectivity index (χ1v) is 7.92. The molecule has 3 rings (SSSR count). The van der Waals surface area contributed by atoms with Gasteiger partial charge in [0.05, 0.1) is 5.56 Å². The first-order valence-electron chi connectivity index (χ1n) is 7.92. The number of Topliss-reactive ketones (excluding diaryl/α,β-unsaturated/α-hetero) is 1. The van der Waals surface area contributed by atoms with Crippen molar-refractivity contribution < 1.29 is 19.0 Å². The number of carbonyl (C=O) groups excluding carboxylic acids is 1. The number of hydrogen-bond donors (Lipinski definition) is 1. The van der Waals surface area contributed by atoms with Crippen molar-refractivity contribution in [1.29, 1.82) is 0 Å². The topological polar surface area (TPSA) is 72.3 Å². The van der Waals surface area contributed by atoms with Gasteiger partial charge in [0.15, 0.2) is 5.78 Å². The van der Waals surface area contributed by atoms with Gasteiger partial charge in [-0.25, -0.2) is 14.4 Å². The highest BCUT2D eigenvalue weighted by molar-refractivity contribution is 5.96. The van der Waals surface area contributed by atoms with E-state index in [9.17, 15) is 9.18 Å². The number of ketones is 1. The van der Waals surface area contributed by atoms with Gasteiger partial charge in [-0.3, -0.25) is 4.79 Å². The third-order valence-corrected chi connectivity index (χ3v) is 4.57. The normalized spacial score (nSPS) is 16.8. The van der Waals surface area contributed by atoms with Crippen LogP contribution in [0.5, 0.6) is 0 Å². The predicted octanol–water partition coefficient (Wildman–Crippen LogP) is 2.08. The van der Waals surface area contributed by atoms with Crippen molar-refractivity contribution in [3.63, 3.8) is 0 Å². The molecule has 126 valence electrons. The monoisotopic (exact) mass is 330 g/mol. The van der Waals surface area contributed by atoms with Crippen LogP contribution in [0.25, 0.3) is 0 Å². The summed E-state index contributed by atoms with van der Waals surface area (Å²) in [6.45, 7) is 0.719. The fourth-order valence-corrected chi connectivity index (χ4v) is 3.12. The predicted molar refractivity (Wildman–Crippen MR) is 85.3 cm³/mol. The molecule has 0 unspecified atom stereocenters. The van der Waals surface area contributed by atoms with Crippen LogP contribution in [0.4, 0.5) is 4.39 Å². The van der Waals surface area contributed by atoms with Crippen LogP contribution in [-0.4, -0.2) is 40.7 Å². The molecule has 1 N–H and O–H groups in total. The number of aliphatic hydroxyl groups excluding tert-OH is 1. The summed E-state index contributed by atoms with van der Waals surface area (Å²) in [4.78, 5) is 20.0. The Bertz CT molecular complexity index is 695. The molecule has 0 aliphatic carbocycles. The van der Waals surface area contributed by atoms with Gasteiger partial charge in [-0.2, -0.15) is 0 Å². The Morgan fingerprint density at radius 1 is 1.17 bits per heavy atom. The van der Waals surface area contributed by atoms with Crippen molar-refractivity contribution in [3.8, 4) is 0 Å². The first kappa shape index (κ1) is 16.7. The second kappa shape index (κ2) is 7.15. The van der Waals surface area contributed by atoms with Gasteiger partial charge in [0.25, 0.3) is 0 Å². The maximum atomic E-state index is 13.3. The summed E-state index contributed by atoms with van der Waals surface area (Å²) in [7, 11) is 0. The van der Waals surface area contributed by atoms with E-state index in [1.54, 1.807) is 0 Å². The largest absolute Gasteiger partial charge is 0.388 e. The maximum absolute atomic E-state index is 13.3. The van der Waals surface area contributed by atoms with Gasteiger partial charge in [0.1, 0.15) is 18.2 Å². The van der Waals surface area contributed by atoms with Gasteiger partial charge >= 0.3 is 0 Å². The zero-order valence-corrected chi connectivity index (χ0v) is 13.2. The molecule has 1 aromatic carbocycles. The van der Waals surface area contributed by atoms with E-state index < -0.39 is 12.4 Å². The zero-order valence-electron chi connectivity index (χ0n) is 13.2. The van der Waals surface area contributed by atoms with Crippen LogP contribution in [0, 0.1) is 5.82 Å². The average molecular weight is 330 g/mol.